The van der Waals surface area contributed by atoms with Gasteiger partial charge < -0.3 is 25.8 Å². The zero-order chi connectivity index (χ0) is 13.4. The predicted octanol–water partition coefficient (Wildman–Crippen LogP) is -0.390. The summed E-state index contributed by atoms with van der Waals surface area (Å²) in [6.07, 6.45) is 1.86. The number of carboxylic acid groups (broad SMARTS) is 1. The van der Waals surface area contributed by atoms with Crippen molar-refractivity contribution in [1.29, 1.82) is 0 Å². The summed E-state index contributed by atoms with van der Waals surface area (Å²) in [6, 6.07) is -0.888. The van der Waals surface area contributed by atoms with Gasteiger partial charge in [-0.15, -0.1) is 0 Å². The van der Waals surface area contributed by atoms with Gasteiger partial charge >= 0.3 is 12.0 Å². The van der Waals surface area contributed by atoms with E-state index in [0.29, 0.717) is 45.7 Å². The van der Waals surface area contributed by atoms with Gasteiger partial charge in [0.2, 0.25) is 0 Å². The highest BCUT2D eigenvalue weighted by atomic mass is 16.5. The predicted molar refractivity (Wildman–Crippen MR) is 65.3 cm³/mol. The molecule has 0 saturated carbocycles. The minimum absolute atomic E-state index is 0.0826. The molecule has 0 radical (unpaired) electrons. The van der Waals surface area contributed by atoms with E-state index in [1.165, 1.54) is 0 Å². The average molecular weight is 259 g/mol. The number of nitrogens with one attached hydrogen (secondary N) is 1. The van der Waals surface area contributed by atoms with Gasteiger partial charge in [0.25, 0.3) is 0 Å². The van der Waals surface area contributed by atoms with Crippen LogP contribution in [-0.4, -0.2) is 60.9 Å². The van der Waals surface area contributed by atoms with Crippen LogP contribution in [0, 0.1) is 0 Å². The monoisotopic (exact) mass is 259 g/mol. The fourth-order valence-corrected chi connectivity index (χ4v) is 1.69. The standard InChI is InChI=1S/C11H21N3O4/c12-9(10(15)16)3-1-2-4-13-11(17)14-5-7-18-8-6-14/h9H,1-8,12H2,(H,13,17)(H,15,16). The van der Waals surface area contributed by atoms with Crippen molar-refractivity contribution in [3.8, 4) is 0 Å². The number of nitrogens with zero attached hydrogens (tertiary/aromatic N) is 1. The minimum atomic E-state index is -0.979. The fourth-order valence-electron chi connectivity index (χ4n) is 1.69. The number of hydrogen-bond donors (Lipinski definition) is 3. The summed E-state index contributed by atoms with van der Waals surface area (Å²) in [5, 5.41) is 11.4. The molecule has 1 aliphatic rings. The summed E-state index contributed by atoms with van der Waals surface area (Å²) in [4.78, 5) is 23.8. The van der Waals surface area contributed by atoms with Gasteiger partial charge in [0.05, 0.1) is 13.2 Å². The molecular formula is C11H21N3O4. The first-order chi connectivity index (χ1) is 8.61. The first-order valence-corrected chi connectivity index (χ1v) is 6.20. The first-order valence-electron chi connectivity index (χ1n) is 6.20. The molecule has 104 valence electrons. The summed E-state index contributed by atoms with van der Waals surface area (Å²) >= 11 is 0. The van der Waals surface area contributed by atoms with Gasteiger partial charge in [-0.05, 0) is 19.3 Å². The molecule has 1 rings (SSSR count). The van der Waals surface area contributed by atoms with Crippen molar-refractivity contribution in [3.05, 3.63) is 0 Å². The van der Waals surface area contributed by atoms with E-state index in [-0.39, 0.29) is 6.03 Å². The number of nitrogens with two attached hydrogens (primary N) is 1. The molecule has 18 heavy (non-hydrogen) atoms. The second kappa shape index (κ2) is 7.88. The Morgan fingerprint density at radius 2 is 2.00 bits per heavy atom. The zero-order valence-electron chi connectivity index (χ0n) is 10.4. The SMILES string of the molecule is NC(CCCCNC(=O)N1CCOCC1)C(=O)O. The molecule has 0 aliphatic carbocycles. The number of morpholine rings is 1. The summed E-state index contributed by atoms with van der Waals surface area (Å²) in [5.74, 6) is -0.979. The van der Waals surface area contributed by atoms with Gasteiger partial charge in [0.15, 0.2) is 0 Å². The van der Waals surface area contributed by atoms with Gasteiger partial charge in [-0.2, -0.15) is 0 Å². The van der Waals surface area contributed by atoms with Crippen LogP contribution < -0.4 is 11.1 Å². The van der Waals surface area contributed by atoms with Crippen LogP contribution in [0.3, 0.4) is 0 Å². The van der Waals surface area contributed by atoms with Crippen LogP contribution in [-0.2, 0) is 9.53 Å². The number of urea groups is 1. The van der Waals surface area contributed by atoms with E-state index in [9.17, 15) is 9.59 Å². The highest BCUT2D eigenvalue weighted by Crippen LogP contribution is 2.00. The third-order valence-corrected chi connectivity index (χ3v) is 2.83. The minimum Gasteiger partial charge on any atom is -0.480 e. The molecule has 0 bridgehead atoms. The maximum Gasteiger partial charge on any atom is 0.320 e. The fraction of sp³-hybridized carbons (Fsp3) is 0.818. The van der Waals surface area contributed by atoms with E-state index < -0.39 is 12.0 Å². The number of aliphatic carboxylic acids is 1. The van der Waals surface area contributed by atoms with Gasteiger partial charge in [-0.3, -0.25) is 4.79 Å². The highest BCUT2D eigenvalue weighted by Gasteiger charge is 2.16. The molecule has 1 aliphatic heterocycles. The highest BCUT2D eigenvalue weighted by molar-refractivity contribution is 5.74. The summed E-state index contributed by atoms with van der Waals surface area (Å²) in [5.41, 5.74) is 5.37. The molecule has 1 saturated heterocycles. The number of amides is 2. The topological polar surface area (TPSA) is 105 Å². The smallest absolute Gasteiger partial charge is 0.320 e. The van der Waals surface area contributed by atoms with Crippen molar-refractivity contribution in [2.45, 2.75) is 25.3 Å². The number of hydrogen-bond acceptors (Lipinski definition) is 4. The van der Waals surface area contributed by atoms with Crippen molar-refractivity contribution in [1.82, 2.24) is 10.2 Å². The Balaban J connectivity index is 2.03. The van der Waals surface area contributed by atoms with E-state index in [0.717, 1.165) is 6.42 Å². The molecule has 1 fully saturated rings. The number of carbonyl (C=O) groups is 2. The van der Waals surface area contributed by atoms with Crippen molar-refractivity contribution in [2.75, 3.05) is 32.8 Å². The molecule has 7 heteroatoms. The van der Waals surface area contributed by atoms with E-state index in [4.69, 9.17) is 15.6 Å². The van der Waals surface area contributed by atoms with E-state index in [1.807, 2.05) is 0 Å². The quantitative estimate of drug-likeness (QED) is 0.563. The van der Waals surface area contributed by atoms with Crippen molar-refractivity contribution in [2.24, 2.45) is 5.73 Å². The van der Waals surface area contributed by atoms with E-state index in [2.05, 4.69) is 5.32 Å². The summed E-state index contributed by atoms with van der Waals surface area (Å²) in [6.45, 7) is 2.95. The number of rotatable bonds is 6. The number of unbranched alkanes of at least 4 members (excludes halogenated alkanes) is 1. The maximum absolute atomic E-state index is 11.6. The van der Waals surface area contributed by atoms with Crippen LogP contribution in [0.25, 0.3) is 0 Å². The number of ether oxygens (including phenoxy) is 1. The van der Waals surface area contributed by atoms with Gasteiger partial charge in [-0.25, -0.2) is 4.79 Å². The lowest BCUT2D eigenvalue weighted by Crippen LogP contribution is -2.46. The molecule has 4 N–H and O–H groups in total. The Kier molecular flexibility index (Phi) is 6.45. The molecule has 0 aromatic heterocycles. The zero-order valence-corrected chi connectivity index (χ0v) is 10.4. The molecule has 0 aromatic rings. The van der Waals surface area contributed by atoms with Crippen molar-refractivity contribution >= 4 is 12.0 Å². The van der Waals surface area contributed by atoms with Crippen LogP contribution in [0.2, 0.25) is 0 Å². The normalized spacial score (nSPS) is 17.3. The van der Waals surface area contributed by atoms with Gasteiger partial charge in [-0.1, -0.05) is 0 Å². The lowest BCUT2D eigenvalue weighted by Gasteiger charge is -2.26. The molecule has 0 spiro atoms. The van der Waals surface area contributed by atoms with Crippen LogP contribution in [0.4, 0.5) is 4.79 Å². The number of carbonyl (C=O) groups excluding carboxylic acids is 1. The Morgan fingerprint density at radius 3 is 2.61 bits per heavy atom. The molecule has 1 heterocycles. The van der Waals surface area contributed by atoms with E-state index >= 15 is 0 Å². The molecular weight excluding hydrogens is 238 g/mol. The Morgan fingerprint density at radius 1 is 1.33 bits per heavy atom. The van der Waals surface area contributed by atoms with Gasteiger partial charge in [0, 0.05) is 19.6 Å². The summed E-state index contributed by atoms with van der Waals surface area (Å²) < 4.78 is 5.15. The second-order valence-corrected chi connectivity index (χ2v) is 4.27. The lowest BCUT2D eigenvalue weighted by molar-refractivity contribution is -0.138. The second-order valence-electron chi connectivity index (χ2n) is 4.27. The third-order valence-electron chi connectivity index (χ3n) is 2.83. The van der Waals surface area contributed by atoms with Crippen molar-refractivity contribution in [3.63, 3.8) is 0 Å². The first kappa shape index (κ1) is 14.7. The molecule has 1 atom stereocenters. The van der Waals surface area contributed by atoms with E-state index in [1.54, 1.807) is 4.90 Å². The molecule has 7 nitrogen and oxygen atoms in total. The molecule has 1 unspecified atom stereocenters. The average Bonchev–Trinajstić information content (AvgIpc) is 2.38. The van der Waals surface area contributed by atoms with Crippen LogP contribution >= 0.6 is 0 Å². The Labute approximate surface area is 106 Å². The van der Waals surface area contributed by atoms with Crippen LogP contribution in [0.15, 0.2) is 0 Å². The number of carboxylic acids is 1. The largest absolute Gasteiger partial charge is 0.480 e. The van der Waals surface area contributed by atoms with Crippen molar-refractivity contribution < 1.29 is 19.4 Å². The Hall–Kier alpha value is -1.34. The van der Waals surface area contributed by atoms with Crippen LogP contribution in [0.1, 0.15) is 19.3 Å². The Bertz CT molecular complexity index is 279. The molecule has 2 amide bonds. The maximum atomic E-state index is 11.6. The summed E-state index contributed by atoms with van der Waals surface area (Å²) in [7, 11) is 0. The third kappa shape index (κ3) is 5.33. The van der Waals surface area contributed by atoms with Gasteiger partial charge in [0.1, 0.15) is 6.04 Å². The lowest BCUT2D eigenvalue weighted by atomic mass is 10.1. The van der Waals surface area contributed by atoms with Crippen LogP contribution in [0.5, 0.6) is 0 Å². The molecule has 0 aromatic carbocycles.